The van der Waals surface area contributed by atoms with Crippen molar-refractivity contribution in [1.82, 2.24) is 15.5 Å². The van der Waals surface area contributed by atoms with Crippen LogP contribution in [0.25, 0.3) is 0 Å². The standard InChI is InChI=1S/C14H29N3O2/c1-4-17(5-2)9-6-7-12(3)16-14(18)13-11-15-8-10-19-13/h12-13,15H,4-11H2,1-3H3,(H,16,18). The average Bonchev–Trinajstić information content (AvgIpc) is 2.44. The molecule has 0 aromatic heterocycles. The molecule has 1 heterocycles. The van der Waals surface area contributed by atoms with Gasteiger partial charge in [0.05, 0.1) is 6.61 Å². The highest BCUT2D eigenvalue weighted by molar-refractivity contribution is 5.81. The predicted molar refractivity (Wildman–Crippen MR) is 77.2 cm³/mol. The van der Waals surface area contributed by atoms with Crippen LogP contribution in [-0.4, -0.2) is 62.3 Å². The van der Waals surface area contributed by atoms with Gasteiger partial charge in [0.2, 0.25) is 0 Å². The summed E-state index contributed by atoms with van der Waals surface area (Å²) in [7, 11) is 0. The lowest BCUT2D eigenvalue weighted by atomic mass is 10.1. The Morgan fingerprint density at radius 3 is 2.79 bits per heavy atom. The smallest absolute Gasteiger partial charge is 0.250 e. The Morgan fingerprint density at radius 2 is 2.21 bits per heavy atom. The van der Waals surface area contributed by atoms with Gasteiger partial charge in [0.1, 0.15) is 6.10 Å². The van der Waals surface area contributed by atoms with Gasteiger partial charge in [0.25, 0.3) is 5.91 Å². The summed E-state index contributed by atoms with van der Waals surface area (Å²) in [6.45, 7) is 11.8. The third-order valence-electron chi connectivity index (χ3n) is 3.61. The fraction of sp³-hybridized carbons (Fsp3) is 0.929. The summed E-state index contributed by atoms with van der Waals surface area (Å²) in [5.74, 6) is 0.0162. The molecule has 112 valence electrons. The molecular formula is C14H29N3O2. The number of carbonyl (C=O) groups is 1. The van der Waals surface area contributed by atoms with Crippen LogP contribution in [0.5, 0.6) is 0 Å². The molecule has 0 bridgehead atoms. The molecule has 0 aromatic carbocycles. The van der Waals surface area contributed by atoms with E-state index in [2.05, 4.69) is 36.3 Å². The minimum absolute atomic E-state index is 0.0162. The first-order chi connectivity index (χ1) is 9.17. The van der Waals surface area contributed by atoms with Crippen molar-refractivity contribution < 1.29 is 9.53 Å². The maximum absolute atomic E-state index is 11.9. The van der Waals surface area contributed by atoms with Gasteiger partial charge in [-0.05, 0) is 39.4 Å². The molecule has 1 aliphatic rings. The molecule has 2 unspecified atom stereocenters. The summed E-state index contributed by atoms with van der Waals surface area (Å²) in [6, 6.07) is 0.216. The van der Waals surface area contributed by atoms with E-state index < -0.39 is 0 Å². The van der Waals surface area contributed by atoms with Gasteiger partial charge in [-0.25, -0.2) is 0 Å². The van der Waals surface area contributed by atoms with Crippen molar-refractivity contribution in [3.63, 3.8) is 0 Å². The van der Waals surface area contributed by atoms with Gasteiger partial charge in [-0.15, -0.1) is 0 Å². The second-order valence-corrected chi connectivity index (χ2v) is 5.14. The Hall–Kier alpha value is -0.650. The summed E-state index contributed by atoms with van der Waals surface area (Å²) in [5.41, 5.74) is 0. The maximum atomic E-state index is 11.9. The largest absolute Gasteiger partial charge is 0.366 e. The summed E-state index contributed by atoms with van der Waals surface area (Å²) in [5, 5.41) is 6.21. The van der Waals surface area contributed by atoms with Crippen molar-refractivity contribution in [2.24, 2.45) is 0 Å². The highest BCUT2D eigenvalue weighted by atomic mass is 16.5. The lowest BCUT2D eigenvalue weighted by Crippen LogP contribution is -2.49. The van der Waals surface area contributed by atoms with E-state index in [-0.39, 0.29) is 18.1 Å². The van der Waals surface area contributed by atoms with E-state index in [0.29, 0.717) is 13.2 Å². The molecule has 19 heavy (non-hydrogen) atoms. The van der Waals surface area contributed by atoms with Crippen LogP contribution in [-0.2, 0) is 9.53 Å². The van der Waals surface area contributed by atoms with Gasteiger partial charge in [-0.3, -0.25) is 4.79 Å². The molecule has 2 atom stereocenters. The van der Waals surface area contributed by atoms with Crippen LogP contribution in [0.4, 0.5) is 0 Å². The van der Waals surface area contributed by atoms with Crippen LogP contribution < -0.4 is 10.6 Å². The fourth-order valence-electron chi connectivity index (χ4n) is 2.30. The van der Waals surface area contributed by atoms with Gasteiger partial charge in [-0.2, -0.15) is 0 Å². The van der Waals surface area contributed by atoms with Crippen molar-refractivity contribution in [2.75, 3.05) is 39.3 Å². The second kappa shape index (κ2) is 9.28. The quantitative estimate of drug-likeness (QED) is 0.679. The zero-order valence-electron chi connectivity index (χ0n) is 12.6. The van der Waals surface area contributed by atoms with Crippen molar-refractivity contribution >= 4 is 5.91 Å². The Kier molecular flexibility index (Phi) is 8.02. The van der Waals surface area contributed by atoms with Gasteiger partial charge in [0.15, 0.2) is 0 Å². The van der Waals surface area contributed by atoms with Crippen molar-refractivity contribution in [1.29, 1.82) is 0 Å². The van der Waals surface area contributed by atoms with Gasteiger partial charge in [0, 0.05) is 19.1 Å². The molecule has 1 fully saturated rings. The van der Waals surface area contributed by atoms with E-state index in [0.717, 1.165) is 39.0 Å². The third kappa shape index (κ3) is 6.36. The van der Waals surface area contributed by atoms with Gasteiger partial charge < -0.3 is 20.3 Å². The average molecular weight is 271 g/mol. The SMILES string of the molecule is CCN(CC)CCCC(C)NC(=O)C1CNCCO1. The van der Waals surface area contributed by atoms with E-state index in [1.54, 1.807) is 0 Å². The minimum Gasteiger partial charge on any atom is -0.366 e. The molecule has 5 heteroatoms. The monoisotopic (exact) mass is 271 g/mol. The third-order valence-corrected chi connectivity index (χ3v) is 3.61. The van der Waals surface area contributed by atoms with Crippen molar-refractivity contribution in [2.45, 2.75) is 45.8 Å². The predicted octanol–water partition coefficient (Wildman–Crippen LogP) is 0.602. The molecular weight excluding hydrogens is 242 g/mol. The number of amides is 1. The normalized spacial score (nSPS) is 21.4. The molecule has 0 spiro atoms. The Balaban J connectivity index is 2.15. The zero-order valence-corrected chi connectivity index (χ0v) is 12.6. The number of nitrogens with zero attached hydrogens (tertiary/aromatic N) is 1. The van der Waals surface area contributed by atoms with Crippen molar-refractivity contribution in [3.05, 3.63) is 0 Å². The van der Waals surface area contributed by atoms with Crippen LogP contribution in [0.15, 0.2) is 0 Å². The van der Waals surface area contributed by atoms with Gasteiger partial charge in [-0.1, -0.05) is 13.8 Å². The van der Waals surface area contributed by atoms with E-state index >= 15 is 0 Å². The molecule has 0 aliphatic carbocycles. The summed E-state index contributed by atoms with van der Waals surface area (Å²) >= 11 is 0. The lowest BCUT2D eigenvalue weighted by Gasteiger charge is -2.25. The summed E-state index contributed by atoms with van der Waals surface area (Å²) < 4.78 is 5.44. The molecule has 1 saturated heterocycles. The van der Waals surface area contributed by atoms with E-state index in [4.69, 9.17) is 4.74 Å². The van der Waals surface area contributed by atoms with Crippen LogP contribution in [0.1, 0.15) is 33.6 Å². The topological polar surface area (TPSA) is 53.6 Å². The van der Waals surface area contributed by atoms with E-state index in [1.807, 2.05) is 0 Å². The Bertz CT molecular complexity index is 251. The lowest BCUT2D eigenvalue weighted by molar-refractivity contribution is -0.134. The Morgan fingerprint density at radius 1 is 1.47 bits per heavy atom. The number of morpholine rings is 1. The molecule has 1 aliphatic heterocycles. The first kappa shape index (κ1) is 16.4. The molecule has 0 saturated carbocycles. The maximum Gasteiger partial charge on any atom is 0.250 e. The molecule has 5 nitrogen and oxygen atoms in total. The number of nitrogens with one attached hydrogen (secondary N) is 2. The number of ether oxygens (including phenoxy) is 1. The van der Waals surface area contributed by atoms with Crippen LogP contribution in [0.2, 0.25) is 0 Å². The number of hydrogen-bond acceptors (Lipinski definition) is 4. The minimum atomic E-state index is -0.320. The molecule has 2 N–H and O–H groups in total. The second-order valence-electron chi connectivity index (χ2n) is 5.14. The highest BCUT2D eigenvalue weighted by Crippen LogP contribution is 2.02. The Labute approximate surface area is 117 Å². The molecule has 0 radical (unpaired) electrons. The number of rotatable bonds is 8. The number of carbonyl (C=O) groups excluding carboxylic acids is 1. The van der Waals surface area contributed by atoms with Crippen LogP contribution in [0, 0.1) is 0 Å². The fourth-order valence-corrected chi connectivity index (χ4v) is 2.30. The zero-order chi connectivity index (χ0) is 14.1. The molecule has 0 aromatic rings. The number of hydrogen-bond donors (Lipinski definition) is 2. The van der Waals surface area contributed by atoms with Crippen LogP contribution >= 0.6 is 0 Å². The summed E-state index contributed by atoms with van der Waals surface area (Å²) in [4.78, 5) is 14.3. The summed E-state index contributed by atoms with van der Waals surface area (Å²) in [6.07, 6.45) is 1.81. The molecule has 1 rings (SSSR count). The molecule has 1 amide bonds. The van der Waals surface area contributed by atoms with E-state index in [9.17, 15) is 4.79 Å². The first-order valence-electron chi connectivity index (χ1n) is 7.52. The highest BCUT2D eigenvalue weighted by Gasteiger charge is 2.22. The van der Waals surface area contributed by atoms with Gasteiger partial charge >= 0.3 is 0 Å². The van der Waals surface area contributed by atoms with E-state index in [1.165, 1.54) is 0 Å². The van der Waals surface area contributed by atoms with Crippen molar-refractivity contribution in [3.8, 4) is 0 Å². The first-order valence-corrected chi connectivity index (χ1v) is 7.52. The van der Waals surface area contributed by atoms with Crippen LogP contribution in [0.3, 0.4) is 0 Å².